The monoisotopic (exact) mass is 326 g/mol. The van der Waals surface area contributed by atoms with Crippen molar-refractivity contribution in [2.45, 2.75) is 32.4 Å². The van der Waals surface area contributed by atoms with Crippen molar-refractivity contribution < 1.29 is 9.47 Å². The molecule has 1 aliphatic heterocycles. The van der Waals surface area contributed by atoms with Crippen LogP contribution in [-0.4, -0.2) is 26.3 Å². The summed E-state index contributed by atoms with van der Waals surface area (Å²) in [6.45, 7) is 4.72. The maximum absolute atomic E-state index is 5.65. The van der Waals surface area contributed by atoms with Crippen molar-refractivity contribution in [3.63, 3.8) is 0 Å². The third-order valence-corrected chi connectivity index (χ3v) is 4.45. The van der Waals surface area contributed by atoms with E-state index in [-0.39, 0.29) is 0 Å². The van der Waals surface area contributed by atoms with Crippen LogP contribution in [0.1, 0.15) is 24.5 Å². The molecule has 4 nitrogen and oxygen atoms in total. The lowest BCUT2D eigenvalue weighted by molar-refractivity contribution is 0.323. The van der Waals surface area contributed by atoms with E-state index in [2.05, 4.69) is 47.9 Å². The molecule has 1 aliphatic rings. The molecule has 0 saturated carbocycles. The van der Waals surface area contributed by atoms with E-state index in [1.165, 1.54) is 11.1 Å². The zero-order chi connectivity index (χ0) is 16.8. The predicted molar refractivity (Wildman–Crippen MR) is 98.0 cm³/mol. The lowest BCUT2D eigenvalue weighted by Crippen LogP contribution is -2.30. The molecule has 0 radical (unpaired) electrons. The number of ether oxygens (including phenoxy) is 2. The molecule has 0 fully saturated rings. The molecule has 0 spiro atoms. The molecule has 1 heterocycles. The third kappa shape index (κ3) is 4.20. The number of hydrogen-bond acceptors (Lipinski definition) is 4. The highest BCUT2D eigenvalue weighted by atomic mass is 16.5. The second-order valence-electron chi connectivity index (χ2n) is 6.14. The Balaban J connectivity index is 1.57. The van der Waals surface area contributed by atoms with Gasteiger partial charge in [0.25, 0.3) is 0 Å². The molecule has 0 aliphatic carbocycles. The van der Waals surface area contributed by atoms with Gasteiger partial charge in [0.15, 0.2) is 0 Å². The molecule has 2 aromatic carbocycles. The van der Waals surface area contributed by atoms with Crippen LogP contribution in [0, 0.1) is 0 Å². The largest absolute Gasteiger partial charge is 0.497 e. The molecule has 3 rings (SSSR count). The predicted octanol–water partition coefficient (Wildman–Crippen LogP) is 3.61. The molecule has 1 unspecified atom stereocenters. The van der Waals surface area contributed by atoms with Crippen LogP contribution in [0.4, 0.5) is 5.69 Å². The number of fused-ring (bicyclic) bond motifs is 1. The van der Waals surface area contributed by atoms with Crippen molar-refractivity contribution in [2.75, 3.05) is 25.6 Å². The van der Waals surface area contributed by atoms with Gasteiger partial charge in [0, 0.05) is 19.1 Å². The van der Waals surface area contributed by atoms with Gasteiger partial charge in [-0.1, -0.05) is 25.1 Å². The van der Waals surface area contributed by atoms with Crippen molar-refractivity contribution in [1.82, 2.24) is 5.32 Å². The molecule has 2 aromatic rings. The highest BCUT2D eigenvalue weighted by Crippen LogP contribution is 2.28. The molecule has 2 N–H and O–H groups in total. The first-order valence-electron chi connectivity index (χ1n) is 8.64. The Morgan fingerprint density at radius 2 is 1.96 bits per heavy atom. The normalized spacial score (nSPS) is 14.2. The number of methoxy groups -OCH3 is 1. The maximum Gasteiger partial charge on any atom is 0.142 e. The summed E-state index contributed by atoms with van der Waals surface area (Å²) < 4.78 is 10.8. The molecular formula is C20H26N2O2. The molecule has 0 amide bonds. The Kier molecular flexibility index (Phi) is 5.59. The standard InChI is InChI=1S/C20H26N2O2/c1-3-17(22-14-15-4-7-18(23-2)8-5-15)12-16-6-9-20-19(13-16)21-10-11-24-20/h4-9,13,17,21-22H,3,10-12,14H2,1-2H3. The van der Waals surface area contributed by atoms with Crippen LogP contribution in [0.25, 0.3) is 0 Å². The van der Waals surface area contributed by atoms with Crippen LogP contribution in [0.3, 0.4) is 0 Å². The van der Waals surface area contributed by atoms with Crippen molar-refractivity contribution in [3.05, 3.63) is 53.6 Å². The Hall–Kier alpha value is -2.20. The van der Waals surface area contributed by atoms with Gasteiger partial charge in [0.05, 0.1) is 12.8 Å². The summed E-state index contributed by atoms with van der Waals surface area (Å²) in [5.41, 5.74) is 3.72. The van der Waals surface area contributed by atoms with Crippen LogP contribution >= 0.6 is 0 Å². The fraction of sp³-hybridized carbons (Fsp3) is 0.400. The Bertz CT molecular complexity index is 655. The molecule has 0 bridgehead atoms. The molecule has 0 aromatic heterocycles. The first-order valence-corrected chi connectivity index (χ1v) is 8.64. The fourth-order valence-corrected chi connectivity index (χ4v) is 2.97. The second-order valence-corrected chi connectivity index (χ2v) is 6.14. The Labute approximate surface area is 144 Å². The zero-order valence-corrected chi connectivity index (χ0v) is 14.5. The molecule has 1 atom stereocenters. The van der Waals surface area contributed by atoms with Gasteiger partial charge < -0.3 is 20.1 Å². The highest BCUT2D eigenvalue weighted by molar-refractivity contribution is 5.59. The van der Waals surface area contributed by atoms with Crippen LogP contribution in [0.15, 0.2) is 42.5 Å². The summed E-state index contributed by atoms with van der Waals surface area (Å²) in [5, 5.41) is 7.06. The van der Waals surface area contributed by atoms with Gasteiger partial charge in [0.2, 0.25) is 0 Å². The Morgan fingerprint density at radius 3 is 2.71 bits per heavy atom. The summed E-state index contributed by atoms with van der Waals surface area (Å²) in [7, 11) is 1.69. The average molecular weight is 326 g/mol. The van der Waals surface area contributed by atoms with E-state index in [9.17, 15) is 0 Å². The van der Waals surface area contributed by atoms with E-state index in [1.54, 1.807) is 7.11 Å². The van der Waals surface area contributed by atoms with Crippen LogP contribution < -0.4 is 20.1 Å². The van der Waals surface area contributed by atoms with Crippen LogP contribution in [0.2, 0.25) is 0 Å². The topological polar surface area (TPSA) is 42.5 Å². The van der Waals surface area contributed by atoms with Crippen LogP contribution in [-0.2, 0) is 13.0 Å². The van der Waals surface area contributed by atoms with Gasteiger partial charge in [-0.2, -0.15) is 0 Å². The second kappa shape index (κ2) is 8.06. The minimum Gasteiger partial charge on any atom is -0.497 e. The summed E-state index contributed by atoms with van der Waals surface area (Å²) in [6, 6.07) is 15.1. The van der Waals surface area contributed by atoms with E-state index in [1.807, 2.05) is 12.1 Å². The van der Waals surface area contributed by atoms with Gasteiger partial charge in [-0.25, -0.2) is 0 Å². The summed E-state index contributed by atoms with van der Waals surface area (Å²) in [5.74, 6) is 1.86. The number of anilines is 1. The molecular weight excluding hydrogens is 300 g/mol. The zero-order valence-electron chi connectivity index (χ0n) is 14.5. The van der Waals surface area contributed by atoms with Gasteiger partial charge in [-0.3, -0.25) is 0 Å². The molecule has 0 saturated heterocycles. The number of hydrogen-bond donors (Lipinski definition) is 2. The first-order chi connectivity index (χ1) is 11.8. The third-order valence-electron chi connectivity index (χ3n) is 4.45. The summed E-state index contributed by atoms with van der Waals surface area (Å²) >= 11 is 0. The lowest BCUT2D eigenvalue weighted by Gasteiger charge is -2.21. The average Bonchev–Trinajstić information content (AvgIpc) is 2.65. The fourth-order valence-electron chi connectivity index (χ4n) is 2.97. The van der Waals surface area contributed by atoms with Gasteiger partial charge in [0.1, 0.15) is 18.1 Å². The minimum atomic E-state index is 0.453. The highest BCUT2D eigenvalue weighted by Gasteiger charge is 2.12. The summed E-state index contributed by atoms with van der Waals surface area (Å²) in [6.07, 6.45) is 2.11. The molecule has 4 heteroatoms. The molecule has 24 heavy (non-hydrogen) atoms. The van der Waals surface area contributed by atoms with Crippen molar-refractivity contribution >= 4 is 5.69 Å². The summed E-state index contributed by atoms with van der Waals surface area (Å²) in [4.78, 5) is 0. The van der Waals surface area contributed by atoms with Crippen molar-refractivity contribution in [3.8, 4) is 11.5 Å². The minimum absolute atomic E-state index is 0.453. The SMILES string of the molecule is CCC(Cc1ccc2c(c1)NCCO2)NCc1ccc(OC)cc1. The quantitative estimate of drug-likeness (QED) is 0.816. The number of benzene rings is 2. The van der Waals surface area contributed by atoms with E-state index in [0.717, 1.165) is 49.7 Å². The smallest absolute Gasteiger partial charge is 0.142 e. The van der Waals surface area contributed by atoms with E-state index in [4.69, 9.17) is 9.47 Å². The van der Waals surface area contributed by atoms with Gasteiger partial charge in [-0.15, -0.1) is 0 Å². The van der Waals surface area contributed by atoms with Crippen molar-refractivity contribution in [2.24, 2.45) is 0 Å². The molecule has 128 valence electrons. The van der Waals surface area contributed by atoms with Crippen LogP contribution in [0.5, 0.6) is 11.5 Å². The first kappa shape index (κ1) is 16.7. The van der Waals surface area contributed by atoms with E-state index in [0.29, 0.717) is 6.04 Å². The Morgan fingerprint density at radius 1 is 1.17 bits per heavy atom. The lowest BCUT2D eigenvalue weighted by atomic mass is 10.0. The van der Waals surface area contributed by atoms with Crippen molar-refractivity contribution in [1.29, 1.82) is 0 Å². The number of nitrogens with one attached hydrogen (secondary N) is 2. The van der Waals surface area contributed by atoms with E-state index < -0.39 is 0 Å². The maximum atomic E-state index is 5.65. The van der Waals surface area contributed by atoms with E-state index >= 15 is 0 Å². The van der Waals surface area contributed by atoms with Gasteiger partial charge in [-0.05, 0) is 48.2 Å². The number of rotatable bonds is 7. The van der Waals surface area contributed by atoms with Gasteiger partial charge >= 0.3 is 0 Å².